The number of benzene rings is 2. The lowest BCUT2D eigenvalue weighted by Crippen LogP contribution is -2.04. The summed E-state index contributed by atoms with van der Waals surface area (Å²) in [4.78, 5) is 21.9. The Morgan fingerprint density at radius 2 is 1.74 bits per heavy atom. The third kappa shape index (κ3) is 3.77. The molecular weight excluding hydrogens is 296 g/mol. The van der Waals surface area contributed by atoms with Crippen molar-refractivity contribution in [2.45, 2.75) is 6.92 Å². The summed E-state index contributed by atoms with van der Waals surface area (Å²) in [6.07, 6.45) is 1.43. The molecule has 1 heterocycles. The van der Waals surface area contributed by atoms with Gasteiger partial charge in [-0.2, -0.15) is 0 Å². The SMILES string of the molecule is COC(C)=O.O=c1c(-c2ccccc2)coc2cccc(O)c12. The Morgan fingerprint density at radius 3 is 2.35 bits per heavy atom. The van der Waals surface area contributed by atoms with Crippen molar-refractivity contribution >= 4 is 16.9 Å². The van der Waals surface area contributed by atoms with Crippen LogP contribution in [0.1, 0.15) is 6.92 Å². The average molecular weight is 312 g/mol. The number of carbonyl (C=O) groups excluding carboxylic acids is 1. The molecule has 0 saturated carbocycles. The lowest BCUT2D eigenvalue weighted by molar-refractivity contribution is -0.137. The van der Waals surface area contributed by atoms with Crippen molar-refractivity contribution < 1.29 is 19.1 Å². The predicted molar refractivity (Wildman–Crippen MR) is 87.3 cm³/mol. The smallest absolute Gasteiger partial charge is 0.302 e. The van der Waals surface area contributed by atoms with Gasteiger partial charge >= 0.3 is 5.97 Å². The third-order valence-electron chi connectivity index (χ3n) is 3.15. The fraction of sp³-hybridized carbons (Fsp3) is 0.111. The first-order valence-corrected chi connectivity index (χ1v) is 6.88. The van der Waals surface area contributed by atoms with Crippen LogP contribution in [0.4, 0.5) is 0 Å². The van der Waals surface area contributed by atoms with E-state index in [1.807, 2.05) is 30.3 Å². The van der Waals surface area contributed by atoms with E-state index in [1.54, 1.807) is 12.1 Å². The van der Waals surface area contributed by atoms with Crippen LogP contribution in [0.15, 0.2) is 64.0 Å². The van der Waals surface area contributed by atoms with E-state index in [0.717, 1.165) is 5.56 Å². The Kier molecular flexibility index (Phi) is 5.15. The molecule has 0 spiro atoms. The van der Waals surface area contributed by atoms with E-state index in [0.29, 0.717) is 11.1 Å². The Labute approximate surface area is 132 Å². The monoisotopic (exact) mass is 312 g/mol. The summed E-state index contributed by atoms with van der Waals surface area (Å²) in [5, 5.41) is 9.98. The standard InChI is InChI=1S/C15H10O3.C3H6O2/c16-12-7-4-8-13-14(12)15(17)11(9-18-13)10-5-2-1-3-6-10;1-3(4)5-2/h1-9,16H;1-2H3. The van der Waals surface area contributed by atoms with Crippen LogP contribution < -0.4 is 5.43 Å². The van der Waals surface area contributed by atoms with Crippen LogP contribution in [0.25, 0.3) is 22.1 Å². The fourth-order valence-electron chi connectivity index (χ4n) is 1.97. The Morgan fingerprint density at radius 1 is 1.09 bits per heavy atom. The minimum atomic E-state index is -0.245. The van der Waals surface area contributed by atoms with Crippen molar-refractivity contribution in [3.05, 3.63) is 65.0 Å². The number of ether oxygens (including phenoxy) is 1. The minimum absolute atomic E-state index is 0.0565. The van der Waals surface area contributed by atoms with Crippen molar-refractivity contribution in [2.24, 2.45) is 0 Å². The number of hydrogen-bond acceptors (Lipinski definition) is 5. The average Bonchev–Trinajstić information content (AvgIpc) is 2.56. The van der Waals surface area contributed by atoms with E-state index in [-0.39, 0.29) is 22.5 Å². The molecule has 3 rings (SSSR count). The van der Waals surface area contributed by atoms with Crippen molar-refractivity contribution in [3.8, 4) is 16.9 Å². The number of hydrogen-bond donors (Lipinski definition) is 1. The second kappa shape index (κ2) is 7.26. The van der Waals surface area contributed by atoms with Gasteiger partial charge in [-0.05, 0) is 17.7 Å². The molecule has 0 saturated heterocycles. The maximum Gasteiger partial charge on any atom is 0.302 e. The number of carbonyl (C=O) groups is 1. The second-order valence-electron chi connectivity index (χ2n) is 4.69. The third-order valence-corrected chi connectivity index (χ3v) is 3.15. The molecule has 2 aromatic carbocycles. The summed E-state index contributed by atoms with van der Waals surface area (Å²) in [5.74, 6) is -0.302. The van der Waals surface area contributed by atoms with Gasteiger partial charge in [-0.1, -0.05) is 36.4 Å². The molecule has 1 N–H and O–H groups in total. The molecule has 0 unspecified atom stereocenters. The molecule has 0 amide bonds. The van der Waals surface area contributed by atoms with Gasteiger partial charge in [0, 0.05) is 6.92 Å². The number of esters is 1. The zero-order chi connectivity index (χ0) is 16.8. The minimum Gasteiger partial charge on any atom is -0.507 e. The highest BCUT2D eigenvalue weighted by Crippen LogP contribution is 2.24. The van der Waals surface area contributed by atoms with Crippen LogP contribution >= 0.6 is 0 Å². The molecule has 0 aliphatic carbocycles. The summed E-state index contributed by atoms with van der Waals surface area (Å²) < 4.78 is 9.51. The fourth-order valence-corrected chi connectivity index (χ4v) is 1.97. The Bertz CT molecular complexity index is 865. The first kappa shape index (κ1) is 16.3. The van der Waals surface area contributed by atoms with Gasteiger partial charge in [-0.25, -0.2) is 0 Å². The highest BCUT2D eigenvalue weighted by atomic mass is 16.5. The lowest BCUT2D eigenvalue weighted by Gasteiger charge is -2.03. The molecule has 3 aromatic rings. The number of fused-ring (bicyclic) bond motifs is 1. The number of aromatic hydroxyl groups is 1. The van der Waals surface area contributed by atoms with Gasteiger partial charge in [0.15, 0.2) is 0 Å². The van der Waals surface area contributed by atoms with Crippen LogP contribution in [-0.4, -0.2) is 18.2 Å². The topological polar surface area (TPSA) is 76.7 Å². The van der Waals surface area contributed by atoms with E-state index >= 15 is 0 Å². The van der Waals surface area contributed by atoms with Crippen LogP contribution in [-0.2, 0) is 9.53 Å². The Hall–Kier alpha value is -3.08. The van der Waals surface area contributed by atoms with Crippen LogP contribution in [0.3, 0.4) is 0 Å². The molecule has 118 valence electrons. The molecule has 1 aromatic heterocycles. The molecule has 0 fully saturated rings. The zero-order valence-electron chi connectivity index (χ0n) is 12.8. The van der Waals surface area contributed by atoms with Gasteiger partial charge in [0.25, 0.3) is 0 Å². The van der Waals surface area contributed by atoms with Crippen molar-refractivity contribution in [3.63, 3.8) is 0 Å². The lowest BCUT2D eigenvalue weighted by atomic mass is 10.1. The van der Waals surface area contributed by atoms with Gasteiger partial charge in [-0.3, -0.25) is 9.59 Å². The number of phenolic OH excluding ortho intramolecular Hbond substituents is 1. The molecule has 23 heavy (non-hydrogen) atoms. The number of methoxy groups -OCH3 is 1. The van der Waals surface area contributed by atoms with Gasteiger partial charge < -0.3 is 14.3 Å². The van der Waals surface area contributed by atoms with Crippen LogP contribution in [0.2, 0.25) is 0 Å². The molecule has 0 atom stereocenters. The molecule has 0 bridgehead atoms. The maximum atomic E-state index is 12.3. The summed E-state index contributed by atoms with van der Waals surface area (Å²) in [5.41, 5.74) is 1.39. The van der Waals surface area contributed by atoms with Gasteiger partial charge in [0.1, 0.15) is 23.0 Å². The first-order valence-electron chi connectivity index (χ1n) is 6.88. The van der Waals surface area contributed by atoms with Gasteiger partial charge in [0.05, 0.1) is 12.7 Å². The summed E-state index contributed by atoms with van der Waals surface area (Å²) in [6, 6.07) is 14.0. The van der Waals surface area contributed by atoms with Crippen molar-refractivity contribution in [1.29, 1.82) is 0 Å². The van der Waals surface area contributed by atoms with Crippen molar-refractivity contribution in [2.75, 3.05) is 7.11 Å². The second-order valence-corrected chi connectivity index (χ2v) is 4.69. The largest absolute Gasteiger partial charge is 0.507 e. The zero-order valence-corrected chi connectivity index (χ0v) is 12.8. The summed E-state index contributed by atoms with van der Waals surface area (Å²) in [6.45, 7) is 1.36. The van der Waals surface area contributed by atoms with Crippen LogP contribution in [0.5, 0.6) is 5.75 Å². The molecule has 5 heteroatoms. The van der Waals surface area contributed by atoms with E-state index < -0.39 is 0 Å². The maximum absolute atomic E-state index is 12.3. The van der Waals surface area contributed by atoms with E-state index in [2.05, 4.69) is 4.74 Å². The molecule has 0 aliphatic heterocycles. The highest BCUT2D eigenvalue weighted by molar-refractivity contribution is 5.86. The molecule has 5 nitrogen and oxygen atoms in total. The number of rotatable bonds is 1. The quantitative estimate of drug-likeness (QED) is 0.697. The Balaban J connectivity index is 0.000000338. The molecule has 0 radical (unpaired) electrons. The normalized spacial score (nSPS) is 9.83. The van der Waals surface area contributed by atoms with E-state index in [1.165, 1.54) is 26.4 Å². The molecule has 0 aliphatic rings. The first-order chi connectivity index (χ1) is 11.0. The molecular formula is C18H16O5. The summed E-state index contributed by atoms with van der Waals surface area (Å²) >= 11 is 0. The van der Waals surface area contributed by atoms with Gasteiger partial charge in [-0.15, -0.1) is 0 Å². The highest BCUT2D eigenvalue weighted by Gasteiger charge is 2.11. The van der Waals surface area contributed by atoms with E-state index in [9.17, 15) is 14.7 Å². The van der Waals surface area contributed by atoms with E-state index in [4.69, 9.17) is 4.42 Å². The van der Waals surface area contributed by atoms with Gasteiger partial charge in [0.2, 0.25) is 5.43 Å². The predicted octanol–water partition coefficient (Wildman–Crippen LogP) is 3.34. The summed E-state index contributed by atoms with van der Waals surface area (Å²) in [7, 11) is 1.35. The van der Waals surface area contributed by atoms with Crippen molar-refractivity contribution in [1.82, 2.24) is 0 Å². The number of phenols is 1. The van der Waals surface area contributed by atoms with Crippen LogP contribution in [0, 0.1) is 0 Å².